The minimum atomic E-state index is -4.96. The molecule has 0 rings (SSSR count). The molecule has 0 aliphatic heterocycles. The lowest BCUT2D eigenvalue weighted by atomic mass is 10.0. The molecule has 0 amide bonds. The highest BCUT2D eigenvalue weighted by Crippen LogP contribution is 2.45. The number of hydrogen-bond donors (Lipinski definition) is 3. The highest BCUT2D eigenvalue weighted by molar-refractivity contribution is 7.47. The molecule has 3 N–H and O–H groups in total. The minimum Gasteiger partial charge on any atom is -0.462 e. The van der Waals surface area contributed by atoms with E-state index in [1.165, 1.54) is 238 Å². The van der Waals surface area contributed by atoms with Crippen LogP contribution in [0.3, 0.4) is 0 Å². The smallest absolute Gasteiger partial charge is 0.462 e. The first kappa shape index (κ1) is 96.1. The Morgan fingerprint density at radius 2 is 0.469 bits per heavy atom. The minimum absolute atomic E-state index is 0.107. The fraction of sp³-hybridized carbons (Fsp3) is 0.949. The van der Waals surface area contributed by atoms with E-state index in [4.69, 9.17) is 37.0 Å². The van der Waals surface area contributed by atoms with Gasteiger partial charge in [0.2, 0.25) is 0 Å². The highest BCUT2D eigenvalue weighted by Gasteiger charge is 2.30. The molecule has 0 bridgehead atoms. The van der Waals surface area contributed by atoms with E-state index in [1.807, 2.05) is 0 Å². The van der Waals surface area contributed by atoms with Gasteiger partial charge in [0.25, 0.3) is 0 Å². The first-order valence-corrected chi connectivity index (χ1v) is 44.1. The fourth-order valence-corrected chi connectivity index (χ4v) is 13.8. The Bertz CT molecular complexity index is 1870. The molecule has 5 atom stereocenters. The molecule has 0 aliphatic carbocycles. The van der Waals surface area contributed by atoms with Crippen molar-refractivity contribution in [2.45, 2.75) is 438 Å². The number of unbranched alkanes of at least 4 members (excludes halogenated alkanes) is 51. The van der Waals surface area contributed by atoms with Gasteiger partial charge in [0.1, 0.15) is 19.3 Å². The monoisotopic (exact) mass is 1440 g/mol. The molecule has 19 heteroatoms. The summed E-state index contributed by atoms with van der Waals surface area (Å²) in [5.74, 6) is -1.43. The molecule has 0 radical (unpaired) electrons. The number of phosphoric acid groups is 2. The second-order valence-corrected chi connectivity index (χ2v) is 31.8. The van der Waals surface area contributed by atoms with Gasteiger partial charge in [-0.2, -0.15) is 0 Å². The van der Waals surface area contributed by atoms with E-state index in [9.17, 15) is 43.2 Å². The fourth-order valence-electron chi connectivity index (χ4n) is 12.2. The Morgan fingerprint density at radius 3 is 0.694 bits per heavy atom. The first-order chi connectivity index (χ1) is 47.5. The van der Waals surface area contributed by atoms with Crippen LogP contribution in [0, 0.1) is 5.92 Å². The normalized spacial score (nSPS) is 13.9. The molecule has 0 aromatic rings. The lowest BCUT2D eigenvalue weighted by molar-refractivity contribution is -0.161. The Balaban J connectivity index is 5.22. The van der Waals surface area contributed by atoms with Crippen LogP contribution in [0.2, 0.25) is 0 Å². The van der Waals surface area contributed by atoms with Crippen LogP contribution in [0.25, 0.3) is 0 Å². The lowest BCUT2D eigenvalue weighted by Gasteiger charge is -2.21. The SMILES string of the molecule is CCCCCCCCCCCCCCCCCCCCCC(=O)O[C@H](COC(=O)CCCCCCCCCCCCCCCCCC)COP(=O)(O)OC[C@@H](O)COP(=O)(O)OC[C@@H](COC(=O)CCCCCCCCC(C)C)OC(=O)CCCCCCCCCCCCCCCC. The van der Waals surface area contributed by atoms with Crippen LogP contribution in [-0.4, -0.2) is 96.7 Å². The predicted molar refractivity (Wildman–Crippen MR) is 400 cm³/mol. The van der Waals surface area contributed by atoms with Crippen molar-refractivity contribution >= 4 is 39.5 Å². The van der Waals surface area contributed by atoms with Gasteiger partial charge in [-0.1, -0.05) is 369 Å². The van der Waals surface area contributed by atoms with Gasteiger partial charge in [-0.25, -0.2) is 9.13 Å². The molecule has 17 nitrogen and oxygen atoms in total. The predicted octanol–water partition coefficient (Wildman–Crippen LogP) is 23.6. The molecule has 2 unspecified atom stereocenters. The molecule has 0 fully saturated rings. The van der Waals surface area contributed by atoms with Gasteiger partial charge in [0.05, 0.1) is 26.4 Å². The van der Waals surface area contributed by atoms with Gasteiger partial charge in [0, 0.05) is 25.7 Å². The molecule has 0 spiro atoms. The summed E-state index contributed by atoms with van der Waals surface area (Å²) in [5, 5.41) is 10.6. The maximum absolute atomic E-state index is 13.1. The van der Waals surface area contributed by atoms with Crippen LogP contribution in [-0.2, 0) is 65.4 Å². The summed E-state index contributed by atoms with van der Waals surface area (Å²) in [5.41, 5.74) is 0. The average molecular weight is 1440 g/mol. The first-order valence-electron chi connectivity index (χ1n) is 41.1. The van der Waals surface area contributed by atoms with Gasteiger partial charge in [-0.15, -0.1) is 0 Å². The second-order valence-electron chi connectivity index (χ2n) is 28.9. The third-order valence-corrected chi connectivity index (χ3v) is 20.4. The van der Waals surface area contributed by atoms with Gasteiger partial charge in [-0.3, -0.25) is 37.3 Å². The molecule has 0 aliphatic rings. The van der Waals surface area contributed by atoms with E-state index in [0.717, 1.165) is 96.3 Å². The van der Waals surface area contributed by atoms with Crippen LogP contribution in [0.4, 0.5) is 0 Å². The Hall–Kier alpha value is -1.94. The third-order valence-electron chi connectivity index (χ3n) is 18.5. The van der Waals surface area contributed by atoms with Gasteiger partial charge in [-0.05, 0) is 31.6 Å². The maximum Gasteiger partial charge on any atom is 0.472 e. The number of carbonyl (C=O) groups excluding carboxylic acids is 4. The third kappa shape index (κ3) is 72.4. The van der Waals surface area contributed by atoms with Crippen LogP contribution in [0.5, 0.6) is 0 Å². The summed E-state index contributed by atoms with van der Waals surface area (Å²) in [6.45, 7) is 7.24. The van der Waals surface area contributed by atoms with Crippen molar-refractivity contribution in [1.29, 1.82) is 0 Å². The summed E-state index contributed by atoms with van der Waals surface area (Å²) < 4.78 is 68.6. The van der Waals surface area contributed by atoms with E-state index in [0.29, 0.717) is 31.6 Å². The average Bonchev–Trinajstić information content (AvgIpc) is 1.29. The molecule has 0 saturated heterocycles. The van der Waals surface area contributed by atoms with Crippen LogP contribution in [0.1, 0.15) is 420 Å². The van der Waals surface area contributed by atoms with Gasteiger partial charge < -0.3 is 33.8 Å². The Morgan fingerprint density at radius 1 is 0.276 bits per heavy atom. The lowest BCUT2D eigenvalue weighted by Crippen LogP contribution is -2.30. The van der Waals surface area contributed by atoms with Crippen molar-refractivity contribution < 1.29 is 80.2 Å². The number of ether oxygens (including phenoxy) is 4. The number of aliphatic hydroxyl groups excluding tert-OH is 1. The van der Waals surface area contributed by atoms with Crippen molar-refractivity contribution in [2.75, 3.05) is 39.6 Å². The van der Waals surface area contributed by atoms with E-state index < -0.39 is 97.5 Å². The quantitative estimate of drug-likeness (QED) is 0.0222. The standard InChI is InChI=1S/C79H154O17P2/c1-6-9-12-15-18-21-24-27-30-32-33-34-36-39-42-45-48-55-60-65-78(83)95-74(68-89-76(81)62-57-52-46-43-40-38-35-31-28-25-22-19-16-13-10-7-2)70-93-97(85,86)91-66-73(80)67-92-98(87,88)94-71-75(69-90-77(82)63-58-53-50-49-51-56-61-72(4)5)96-79(84)64-59-54-47-44-41-37-29-26-23-20-17-14-11-8-3/h72-75,80H,6-71H2,1-5H3,(H,85,86)(H,87,88)/t73-,74-,75-/m1/s1. The molecule has 98 heavy (non-hydrogen) atoms. The van der Waals surface area contributed by atoms with E-state index in [-0.39, 0.29) is 25.7 Å². The van der Waals surface area contributed by atoms with Gasteiger partial charge >= 0.3 is 39.5 Å². The zero-order valence-corrected chi connectivity index (χ0v) is 65.7. The zero-order chi connectivity index (χ0) is 71.9. The Kier molecular flexibility index (Phi) is 70.6. The molecular formula is C79H154O17P2. The summed E-state index contributed by atoms with van der Waals surface area (Å²) in [6, 6.07) is 0. The molecular weight excluding hydrogens is 1280 g/mol. The van der Waals surface area contributed by atoms with Gasteiger partial charge in [0.15, 0.2) is 12.2 Å². The highest BCUT2D eigenvalue weighted by atomic mass is 31.2. The van der Waals surface area contributed by atoms with Crippen LogP contribution in [0.15, 0.2) is 0 Å². The number of esters is 4. The van der Waals surface area contributed by atoms with E-state index >= 15 is 0 Å². The topological polar surface area (TPSA) is 237 Å². The largest absolute Gasteiger partial charge is 0.472 e. The second kappa shape index (κ2) is 72.0. The zero-order valence-electron chi connectivity index (χ0n) is 63.9. The molecule has 0 aromatic heterocycles. The van der Waals surface area contributed by atoms with Crippen molar-refractivity contribution in [3.05, 3.63) is 0 Å². The van der Waals surface area contributed by atoms with Crippen molar-refractivity contribution in [3.63, 3.8) is 0 Å². The van der Waals surface area contributed by atoms with Crippen LogP contribution >= 0.6 is 15.6 Å². The van der Waals surface area contributed by atoms with Crippen molar-refractivity contribution in [1.82, 2.24) is 0 Å². The van der Waals surface area contributed by atoms with Crippen molar-refractivity contribution in [3.8, 4) is 0 Å². The van der Waals surface area contributed by atoms with E-state index in [1.54, 1.807) is 0 Å². The van der Waals surface area contributed by atoms with Crippen LogP contribution < -0.4 is 0 Å². The summed E-state index contributed by atoms with van der Waals surface area (Å²) in [4.78, 5) is 72.9. The maximum atomic E-state index is 13.1. The van der Waals surface area contributed by atoms with Crippen molar-refractivity contribution in [2.24, 2.45) is 5.92 Å². The number of phosphoric ester groups is 2. The van der Waals surface area contributed by atoms with E-state index in [2.05, 4.69) is 34.6 Å². The summed E-state index contributed by atoms with van der Waals surface area (Å²) in [6.07, 6.45) is 62.6. The molecule has 0 saturated carbocycles. The summed E-state index contributed by atoms with van der Waals surface area (Å²) >= 11 is 0. The molecule has 582 valence electrons. The summed E-state index contributed by atoms with van der Waals surface area (Å²) in [7, 11) is -9.91. The Labute approximate surface area is 600 Å². The number of rotatable bonds is 79. The number of carbonyl (C=O) groups is 4. The number of aliphatic hydroxyl groups is 1. The molecule has 0 aromatic carbocycles. The number of hydrogen-bond acceptors (Lipinski definition) is 15. The molecule has 0 heterocycles.